The van der Waals surface area contributed by atoms with E-state index in [2.05, 4.69) is 15.6 Å². The summed E-state index contributed by atoms with van der Waals surface area (Å²) < 4.78 is 28.1. The maximum Gasteiger partial charge on any atom is 0.248 e. The minimum absolute atomic E-state index is 0.0212. The predicted molar refractivity (Wildman–Crippen MR) is 142 cm³/mol. The van der Waals surface area contributed by atoms with Crippen LogP contribution in [0.5, 0.6) is 0 Å². The lowest BCUT2D eigenvalue weighted by Gasteiger charge is -2.22. The Kier molecular flexibility index (Phi) is 7.14. The van der Waals surface area contributed by atoms with E-state index in [1.54, 1.807) is 66.9 Å². The van der Waals surface area contributed by atoms with Crippen LogP contribution in [0.1, 0.15) is 45.6 Å². The Morgan fingerprint density at radius 1 is 0.974 bits per heavy atom. The highest BCUT2D eigenvalue weighted by atomic mass is 19.1. The first-order valence-electron chi connectivity index (χ1n) is 12.3. The molecular formula is C30H24F2N4O3. The number of pyridine rings is 1. The number of carbonyl (C=O) groups is 3. The molecule has 4 N–H and O–H groups in total. The number of primary amides is 1. The number of nitrogens with two attached hydrogens (primary N) is 1. The van der Waals surface area contributed by atoms with Crippen molar-refractivity contribution in [2.24, 2.45) is 5.73 Å². The standard InChI is InChI=1S/C30H24F2N4O3/c31-20-11-17(12-21(32)15-20)13-26(35-27(37)16-24-23-7-1-2-9-25(23)36-30(24)39)28-22(8-4-10-34-28)18-5-3-6-19(14-18)29(33)38/h1-12,14-15,24,26H,13,16H2,(H2,33,38)(H,35,37)(H,36,39)/t24-,26?/m1/s1. The molecule has 0 aliphatic carbocycles. The van der Waals surface area contributed by atoms with Gasteiger partial charge in [0.15, 0.2) is 0 Å². The number of benzene rings is 3. The highest BCUT2D eigenvalue weighted by molar-refractivity contribution is 6.05. The molecule has 1 aromatic heterocycles. The lowest BCUT2D eigenvalue weighted by Crippen LogP contribution is -2.33. The fourth-order valence-electron chi connectivity index (χ4n) is 4.88. The molecule has 2 heterocycles. The number of fused-ring (bicyclic) bond motifs is 1. The van der Waals surface area contributed by atoms with Crippen LogP contribution in [0.25, 0.3) is 11.1 Å². The fourth-order valence-corrected chi connectivity index (χ4v) is 4.88. The SMILES string of the molecule is NC(=O)c1cccc(-c2cccnc2C(Cc2cc(F)cc(F)c2)NC(=O)C[C@H]2C(=O)Nc3ccccc32)c1. The number of rotatable bonds is 8. The number of nitrogens with one attached hydrogen (secondary N) is 2. The van der Waals surface area contributed by atoms with Crippen molar-refractivity contribution >= 4 is 23.4 Å². The number of hydrogen-bond acceptors (Lipinski definition) is 4. The summed E-state index contributed by atoms with van der Waals surface area (Å²) in [4.78, 5) is 42.2. The quantitative estimate of drug-likeness (QED) is 0.310. The average molecular weight is 527 g/mol. The number of carbonyl (C=O) groups excluding carboxylic acids is 3. The second-order valence-electron chi connectivity index (χ2n) is 9.32. The Morgan fingerprint density at radius 3 is 2.51 bits per heavy atom. The molecule has 0 fully saturated rings. The van der Waals surface area contributed by atoms with E-state index in [0.29, 0.717) is 33.6 Å². The van der Waals surface area contributed by atoms with Gasteiger partial charge >= 0.3 is 0 Å². The van der Waals surface area contributed by atoms with Gasteiger partial charge in [0.05, 0.1) is 17.7 Å². The molecule has 4 aromatic rings. The maximum absolute atomic E-state index is 14.0. The summed E-state index contributed by atoms with van der Waals surface area (Å²) in [5.41, 5.74) is 9.11. The van der Waals surface area contributed by atoms with E-state index in [-0.39, 0.29) is 18.7 Å². The molecule has 0 saturated heterocycles. The minimum atomic E-state index is -0.813. The number of halogens is 2. The zero-order valence-electron chi connectivity index (χ0n) is 20.7. The van der Waals surface area contributed by atoms with Crippen LogP contribution in [-0.4, -0.2) is 22.7 Å². The van der Waals surface area contributed by atoms with Crippen molar-refractivity contribution < 1.29 is 23.2 Å². The van der Waals surface area contributed by atoms with Crippen LogP contribution in [0.2, 0.25) is 0 Å². The summed E-state index contributed by atoms with van der Waals surface area (Å²) in [5.74, 6) is -3.48. The zero-order valence-corrected chi connectivity index (χ0v) is 20.7. The number of nitrogens with zero attached hydrogens (tertiary/aromatic N) is 1. The van der Waals surface area contributed by atoms with Crippen LogP contribution in [0.3, 0.4) is 0 Å². The summed E-state index contributed by atoms with van der Waals surface area (Å²) in [6.07, 6.45) is 1.44. The third-order valence-electron chi connectivity index (χ3n) is 6.62. The molecule has 0 saturated carbocycles. The predicted octanol–water partition coefficient (Wildman–Crippen LogP) is 4.65. The summed E-state index contributed by atoms with van der Waals surface area (Å²) in [7, 11) is 0. The van der Waals surface area contributed by atoms with Gasteiger partial charge in [-0.2, -0.15) is 0 Å². The molecule has 2 atom stereocenters. The Labute approximate surface area is 223 Å². The zero-order chi connectivity index (χ0) is 27.5. The van der Waals surface area contributed by atoms with Gasteiger partial charge in [-0.1, -0.05) is 36.4 Å². The molecule has 3 amide bonds. The van der Waals surface area contributed by atoms with Crippen molar-refractivity contribution in [1.29, 1.82) is 0 Å². The van der Waals surface area contributed by atoms with Crippen LogP contribution in [0, 0.1) is 11.6 Å². The first kappa shape index (κ1) is 25.7. The van der Waals surface area contributed by atoms with Gasteiger partial charge in [-0.05, 0) is 59.5 Å². The van der Waals surface area contributed by atoms with Crippen LogP contribution >= 0.6 is 0 Å². The Hall–Kier alpha value is -4.92. The third-order valence-corrected chi connectivity index (χ3v) is 6.62. The lowest BCUT2D eigenvalue weighted by atomic mass is 9.93. The van der Waals surface area contributed by atoms with Gasteiger partial charge in [0.1, 0.15) is 11.6 Å². The van der Waals surface area contributed by atoms with Gasteiger partial charge in [0, 0.05) is 35.5 Å². The van der Waals surface area contributed by atoms with Crippen molar-refractivity contribution in [2.75, 3.05) is 5.32 Å². The molecule has 196 valence electrons. The molecular weight excluding hydrogens is 502 g/mol. The van der Waals surface area contributed by atoms with E-state index >= 15 is 0 Å². The minimum Gasteiger partial charge on any atom is -0.366 e. The molecule has 0 bridgehead atoms. The van der Waals surface area contributed by atoms with Crippen molar-refractivity contribution in [3.05, 3.63) is 119 Å². The average Bonchev–Trinajstić information content (AvgIpc) is 3.22. The Balaban J connectivity index is 1.50. The highest BCUT2D eigenvalue weighted by Crippen LogP contribution is 2.35. The summed E-state index contributed by atoms with van der Waals surface area (Å²) >= 11 is 0. The topological polar surface area (TPSA) is 114 Å². The van der Waals surface area contributed by atoms with Crippen LogP contribution in [0.4, 0.5) is 14.5 Å². The third kappa shape index (κ3) is 5.67. The molecule has 5 rings (SSSR count). The van der Waals surface area contributed by atoms with Crippen molar-refractivity contribution in [1.82, 2.24) is 10.3 Å². The summed E-state index contributed by atoms with van der Waals surface area (Å²) in [6.45, 7) is 0. The maximum atomic E-state index is 14.0. The molecule has 0 spiro atoms. The fraction of sp³-hybridized carbons (Fsp3) is 0.133. The van der Waals surface area contributed by atoms with Crippen LogP contribution in [0.15, 0.2) is 85.1 Å². The molecule has 1 aliphatic rings. The smallest absolute Gasteiger partial charge is 0.248 e. The molecule has 9 heteroatoms. The van der Waals surface area contributed by atoms with E-state index in [0.717, 1.165) is 11.6 Å². The Bertz CT molecular complexity index is 1570. The monoisotopic (exact) mass is 526 g/mol. The molecule has 1 unspecified atom stereocenters. The summed E-state index contributed by atoms with van der Waals surface area (Å²) in [5, 5.41) is 5.71. The van der Waals surface area contributed by atoms with Crippen LogP contribution < -0.4 is 16.4 Å². The molecule has 1 aliphatic heterocycles. The first-order valence-corrected chi connectivity index (χ1v) is 12.3. The summed E-state index contributed by atoms with van der Waals surface area (Å²) in [6, 6.07) is 19.6. The second kappa shape index (κ2) is 10.8. The van der Waals surface area contributed by atoms with Crippen molar-refractivity contribution in [3.63, 3.8) is 0 Å². The van der Waals surface area contributed by atoms with E-state index in [1.807, 2.05) is 0 Å². The molecule has 7 nitrogen and oxygen atoms in total. The number of para-hydroxylation sites is 1. The second-order valence-corrected chi connectivity index (χ2v) is 9.32. The normalized spacial score (nSPS) is 14.8. The number of anilines is 1. The van der Waals surface area contributed by atoms with E-state index in [9.17, 15) is 23.2 Å². The van der Waals surface area contributed by atoms with Gasteiger partial charge < -0.3 is 16.4 Å². The van der Waals surface area contributed by atoms with Gasteiger partial charge in [-0.25, -0.2) is 8.78 Å². The number of aromatic nitrogens is 1. The van der Waals surface area contributed by atoms with Crippen molar-refractivity contribution in [2.45, 2.75) is 24.8 Å². The van der Waals surface area contributed by atoms with Gasteiger partial charge in [0.2, 0.25) is 17.7 Å². The van der Waals surface area contributed by atoms with Gasteiger partial charge in [-0.3, -0.25) is 19.4 Å². The van der Waals surface area contributed by atoms with E-state index in [4.69, 9.17) is 5.73 Å². The lowest BCUT2D eigenvalue weighted by molar-refractivity contribution is -0.125. The molecule has 39 heavy (non-hydrogen) atoms. The first-order chi connectivity index (χ1) is 18.8. The number of amides is 3. The van der Waals surface area contributed by atoms with Crippen LogP contribution in [-0.2, 0) is 16.0 Å². The van der Waals surface area contributed by atoms with E-state index < -0.39 is 35.4 Å². The molecule has 3 aromatic carbocycles. The largest absolute Gasteiger partial charge is 0.366 e. The Morgan fingerprint density at radius 2 is 1.74 bits per heavy atom. The number of hydrogen-bond donors (Lipinski definition) is 3. The van der Waals surface area contributed by atoms with Crippen molar-refractivity contribution in [3.8, 4) is 11.1 Å². The van der Waals surface area contributed by atoms with E-state index in [1.165, 1.54) is 12.1 Å². The van der Waals surface area contributed by atoms with Gasteiger partial charge in [0.25, 0.3) is 0 Å². The molecule has 0 radical (unpaired) electrons. The van der Waals surface area contributed by atoms with Gasteiger partial charge in [-0.15, -0.1) is 0 Å². The highest BCUT2D eigenvalue weighted by Gasteiger charge is 2.33.